The average molecular weight is 314 g/mol. The molecule has 1 aliphatic heterocycles. The fourth-order valence-electron chi connectivity index (χ4n) is 2.01. The molecule has 0 radical (unpaired) electrons. The molecular weight excluding hydrogens is 296 g/mol. The summed E-state index contributed by atoms with van der Waals surface area (Å²) >= 11 is 6.43. The Kier molecular flexibility index (Phi) is 5.27. The molecule has 6 nitrogen and oxygen atoms in total. The molecule has 20 heavy (non-hydrogen) atoms. The van der Waals surface area contributed by atoms with Crippen molar-refractivity contribution in [3.8, 4) is 0 Å². The number of nitrogens with one attached hydrogen (secondary N) is 3. The van der Waals surface area contributed by atoms with Crippen LogP contribution in [-0.4, -0.2) is 54.4 Å². The van der Waals surface area contributed by atoms with E-state index in [0.717, 1.165) is 23.7 Å². The zero-order valence-corrected chi connectivity index (χ0v) is 13.0. The predicted octanol–water partition coefficient (Wildman–Crippen LogP) is 0.205. The van der Waals surface area contributed by atoms with Crippen LogP contribution in [0, 0.1) is 10.9 Å². The molecule has 1 aliphatic rings. The van der Waals surface area contributed by atoms with Gasteiger partial charge in [0, 0.05) is 36.8 Å². The lowest BCUT2D eigenvalue weighted by Crippen LogP contribution is -2.49. The highest BCUT2D eigenvalue weighted by Gasteiger charge is 2.17. The van der Waals surface area contributed by atoms with Crippen molar-refractivity contribution in [2.45, 2.75) is 13.3 Å². The van der Waals surface area contributed by atoms with Crippen molar-refractivity contribution in [2.75, 3.05) is 32.7 Å². The first-order valence-corrected chi connectivity index (χ1v) is 7.72. The summed E-state index contributed by atoms with van der Waals surface area (Å²) in [6, 6.07) is 0. The minimum Gasteiger partial charge on any atom is -0.347 e. The Morgan fingerprint density at radius 1 is 1.40 bits per heavy atom. The van der Waals surface area contributed by atoms with Crippen molar-refractivity contribution in [1.82, 2.24) is 20.5 Å². The highest BCUT2D eigenvalue weighted by molar-refractivity contribution is 7.73. The van der Waals surface area contributed by atoms with Crippen LogP contribution >= 0.6 is 23.6 Å². The van der Waals surface area contributed by atoms with Crippen LogP contribution < -0.4 is 10.6 Å². The number of aromatic nitrogens is 1. The van der Waals surface area contributed by atoms with Crippen LogP contribution in [-0.2, 0) is 16.0 Å². The molecule has 0 atom stereocenters. The fraction of sp³-hybridized carbons (Fsp3) is 0.583. The fourth-order valence-corrected chi connectivity index (χ4v) is 3.30. The number of carbonyl (C=O) groups is 2. The second-order valence-corrected chi connectivity index (χ2v) is 6.42. The van der Waals surface area contributed by atoms with Gasteiger partial charge in [-0.25, -0.2) is 0 Å². The van der Waals surface area contributed by atoms with Crippen LogP contribution in [0.1, 0.15) is 10.6 Å². The average Bonchev–Trinajstić information content (AvgIpc) is 2.75. The maximum Gasteiger partial charge on any atom is 0.242 e. The van der Waals surface area contributed by atoms with E-state index in [9.17, 15) is 9.59 Å². The van der Waals surface area contributed by atoms with Gasteiger partial charge in [0.15, 0.2) is 3.95 Å². The molecule has 0 aromatic carbocycles. The minimum absolute atomic E-state index is 0.0294. The number of piperazine rings is 1. The minimum atomic E-state index is -0.151. The molecule has 1 aromatic heterocycles. The van der Waals surface area contributed by atoms with Gasteiger partial charge in [0.25, 0.3) is 0 Å². The monoisotopic (exact) mass is 314 g/mol. The Morgan fingerprint density at radius 2 is 2.10 bits per heavy atom. The second-order valence-electron chi connectivity index (χ2n) is 4.65. The molecular formula is C12H18N4O2S2. The van der Waals surface area contributed by atoms with E-state index in [1.807, 2.05) is 6.92 Å². The van der Waals surface area contributed by atoms with Gasteiger partial charge in [0.1, 0.15) is 0 Å². The molecule has 1 saturated heterocycles. The van der Waals surface area contributed by atoms with Crippen molar-refractivity contribution in [3.63, 3.8) is 0 Å². The summed E-state index contributed by atoms with van der Waals surface area (Å²) < 4.78 is 0.669. The van der Waals surface area contributed by atoms with E-state index >= 15 is 0 Å². The molecule has 0 bridgehead atoms. The third-order valence-corrected chi connectivity index (χ3v) is 4.49. The molecule has 0 unspecified atom stereocenters. The van der Waals surface area contributed by atoms with E-state index in [1.54, 1.807) is 4.90 Å². The van der Waals surface area contributed by atoms with Gasteiger partial charge in [-0.1, -0.05) is 0 Å². The van der Waals surface area contributed by atoms with Gasteiger partial charge in [-0.15, -0.1) is 11.3 Å². The van der Waals surface area contributed by atoms with E-state index in [1.165, 1.54) is 11.3 Å². The lowest BCUT2D eigenvalue weighted by atomic mass is 10.3. The Hall–Kier alpha value is -1.25. The summed E-state index contributed by atoms with van der Waals surface area (Å²) in [5, 5.41) is 5.86. The second kappa shape index (κ2) is 6.96. The molecule has 1 aromatic rings. The predicted molar refractivity (Wildman–Crippen MR) is 80.4 cm³/mol. The van der Waals surface area contributed by atoms with E-state index < -0.39 is 0 Å². The Labute approximate surface area is 126 Å². The Morgan fingerprint density at radius 3 is 2.70 bits per heavy atom. The summed E-state index contributed by atoms with van der Waals surface area (Å²) in [5.41, 5.74) is 0.920. The van der Waals surface area contributed by atoms with E-state index in [2.05, 4.69) is 15.6 Å². The first-order chi connectivity index (χ1) is 9.56. The summed E-state index contributed by atoms with van der Waals surface area (Å²) in [7, 11) is 0. The maximum atomic E-state index is 11.9. The maximum absolute atomic E-state index is 11.9. The summed E-state index contributed by atoms with van der Waals surface area (Å²) in [5.74, 6) is -0.180. The van der Waals surface area contributed by atoms with Crippen molar-refractivity contribution in [1.29, 1.82) is 0 Å². The molecule has 2 heterocycles. The number of thiazole rings is 1. The largest absolute Gasteiger partial charge is 0.347 e. The van der Waals surface area contributed by atoms with E-state index in [0.29, 0.717) is 17.0 Å². The first-order valence-electron chi connectivity index (χ1n) is 6.50. The van der Waals surface area contributed by atoms with E-state index in [4.69, 9.17) is 12.2 Å². The number of hydrogen-bond acceptors (Lipinski definition) is 5. The SMILES string of the molecule is Cc1[nH]c(=S)sc1CC(=O)NCC(=O)N1CCNCC1. The summed E-state index contributed by atoms with van der Waals surface area (Å²) in [4.78, 5) is 29.4. The molecule has 3 N–H and O–H groups in total. The van der Waals surface area contributed by atoms with E-state index in [-0.39, 0.29) is 24.8 Å². The number of rotatable bonds is 4. The van der Waals surface area contributed by atoms with Crippen LogP contribution in [0.2, 0.25) is 0 Å². The molecule has 0 aliphatic carbocycles. The summed E-state index contributed by atoms with van der Waals surface area (Å²) in [6.45, 7) is 4.98. The number of aryl methyl sites for hydroxylation is 1. The normalized spacial score (nSPS) is 15.2. The highest BCUT2D eigenvalue weighted by atomic mass is 32.1. The van der Waals surface area contributed by atoms with Gasteiger partial charge >= 0.3 is 0 Å². The molecule has 0 spiro atoms. The summed E-state index contributed by atoms with van der Waals surface area (Å²) in [6.07, 6.45) is 0.262. The number of hydrogen-bond donors (Lipinski definition) is 3. The number of H-pyrrole nitrogens is 1. The van der Waals surface area contributed by atoms with Crippen LogP contribution in [0.5, 0.6) is 0 Å². The Bertz CT molecular complexity index is 546. The van der Waals surface area contributed by atoms with Crippen LogP contribution in [0.25, 0.3) is 0 Å². The smallest absolute Gasteiger partial charge is 0.242 e. The van der Waals surface area contributed by atoms with Crippen molar-refractivity contribution in [2.24, 2.45) is 0 Å². The van der Waals surface area contributed by atoms with Gasteiger partial charge in [0.05, 0.1) is 13.0 Å². The van der Waals surface area contributed by atoms with Crippen LogP contribution in [0.3, 0.4) is 0 Å². The molecule has 0 saturated carbocycles. The van der Waals surface area contributed by atoms with Gasteiger partial charge in [-0.05, 0) is 19.1 Å². The molecule has 8 heteroatoms. The Balaban J connectivity index is 1.78. The zero-order valence-electron chi connectivity index (χ0n) is 11.3. The number of aromatic amines is 1. The standard InChI is InChI=1S/C12H18N4O2S2/c1-8-9(20-12(19)15-8)6-10(17)14-7-11(18)16-4-2-13-3-5-16/h13H,2-7H2,1H3,(H,14,17)(H,15,19). The van der Waals surface area contributed by atoms with Crippen LogP contribution in [0.15, 0.2) is 0 Å². The van der Waals surface area contributed by atoms with Crippen molar-refractivity contribution >= 4 is 35.4 Å². The van der Waals surface area contributed by atoms with Crippen LogP contribution in [0.4, 0.5) is 0 Å². The highest BCUT2D eigenvalue weighted by Crippen LogP contribution is 2.14. The molecule has 2 amide bonds. The van der Waals surface area contributed by atoms with Crippen molar-refractivity contribution < 1.29 is 9.59 Å². The van der Waals surface area contributed by atoms with Gasteiger partial charge in [0.2, 0.25) is 11.8 Å². The van der Waals surface area contributed by atoms with Gasteiger partial charge < -0.3 is 20.5 Å². The number of amides is 2. The number of carbonyl (C=O) groups excluding carboxylic acids is 2. The lowest BCUT2D eigenvalue weighted by molar-refractivity contribution is -0.133. The lowest BCUT2D eigenvalue weighted by Gasteiger charge is -2.27. The van der Waals surface area contributed by atoms with Gasteiger partial charge in [-0.2, -0.15) is 0 Å². The number of nitrogens with zero attached hydrogens (tertiary/aromatic N) is 1. The third-order valence-electron chi connectivity index (χ3n) is 3.15. The van der Waals surface area contributed by atoms with Gasteiger partial charge in [-0.3, -0.25) is 9.59 Å². The third kappa shape index (κ3) is 4.12. The molecule has 1 fully saturated rings. The van der Waals surface area contributed by atoms with Crippen molar-refractivity contribution in [3.05, 3.63) is 14.5 Å². The quantitative estimate of drug-likeness (QED) is 0.694. The topological polar surface area (TPSA) is 77.2 Å². The zero-order chi connectivity index (χ0) is 14.5. The molecule has 110 valence electrons. The first kappa shape index (κ1) is 15.1. The molecule has 2 rings (SSSR count).